The van der Waals surface area contributed by atoms with Crippen LogP contribution >= 0.6 is 0 Å². The van der Waals surface area contributed by atoms with Crippen molar-refractivity contribution in [2.45, 2.75) is 65.4 Å². The number of aliphatic hydroxyl groups is 1. The number of hydrogen-bond donors (Lipinski definition) is 2. The molecule has 170 valence electrons. The molecule has 6 heteroatoms. The van der Waals surface area contributed by atoms with Gasteiger partial charge in [-0.2, -0.15) is 0 Å². The van der Waals surface area contributed by atoms with Crippen LogP contribution in [0.2, 0.25) is 0 Å². The largest absolute Gasteiger partial charge is 0.469 e. The lowest BCUT2D eigenvalue weighted by Crippen LogP contribution is -2.60. The van der Waals surface area contributed by atoms with Gasteiger partial charge in [-0.25, -0.2) is 4.79 Å². The van der Waals surface area contributed by atoms with E-state index in [-0.39, 0.29) is 35.1 Å². The molecule has 6 nitrogen and oxygen atoms in total. The van der Waals surface area contributed by atoms with Crippen molar-refractivity contribution in [3.8, 4) is 0 Å². The molecule has 7 atom stereocenters. The van der Waals surface area contributed by atoms with Gasteiger partial charge < -0.3 is 19.9 Å². The Hall–Kier alpha value is -1.40. The van der Waals surface area contributed by atoms with Gasteiger partial charge in [-0.3, -0.25) is 4.79 Å². The number of rotatable bonds is 5. The van der Waals surface area contributed by atoms with Gasteiger partial charge >= 0.3 is 11.9 Å². The summed E-state index contributed by atoms with van der Waals surface area (Å²) < 4.78 is 10.5. The Bertz CT molecular complexity index is 691. The molecule has 0 radical (unpaired) electrons. The number of hydrogen-bond acceptors (Lipinski definition) is 6. The maximum absolute atomic E-state index is 12.7. The minimum atomic E-state index is -0.538. The predicted octanol–water partition coefficient (Wildman–Crippen LogP) is 3.09. The summed E-state index contributed by atoms with van der Waals surface area (Å²) in [7, 11) is 3.29. The van der Waals surface area contributed by atoms with Crippen LogP contribution in [-0.2, 0) is 19.1 Å². The molecule has 0 aliphatic heterocycles. The van der Waals surface area contributed by atoms with E-state index in [1.807, 2.05) is 14.0 Å². The topological polar surface area (TPSA) is 84.9 Å². The predicted molar refractivity (Wildman–Crippen MR) is 115 cm³/mol. The SMILES string of the molecule is CNCCOC(=O)C=C1CC[C@H]2[C@H]([C@H](O)C[C@H]3[C@]2(C)CCC[C@]3(C)C(=O)OC)[C@H]1C. The zero-order valence-corrected chi connectivity index (χ0v) is 19.2. The third-order valence-corrected chi connectivity index (χ3v) is 8.67. The van der Waals surface area contributed by atoms with Gasteiger partial charge in [-0.05, 0) is 75.2 Å². The first kappa shape index (κ1) is 23.3. The first-order valence-corrected chi connectivity index (χ1v) is 11.5. The van der Waals surface area contributed by atoms with E-state index in [1.165, 1.54) is 7.11 Å². The first-order valence-electron chi connectivity index (χ1n) is 11.5. The number of allylic oxidation sites excluding steroid dienone is 1. The molecule has 3 saturated carbocycles. The van der Waals surface area contributed by atoms with Crippen molar-refractivity contribution in [2.75, 3.05) is 27.3 Å². The van der Waals surface area contributed by atoms with Crippen LogP contribution < -0.4 is 5.32 Å². The normalized spacial score (nSPS) is 42.2. The number of likely N-dealkylation sites (N-methyl/N-ethyl adjacent to an activating group) is 1. The van der Waals surface area contributed by atoms with Gasteiger partial charge in [0, 0.05) is 12.6 Å². The third-order valence-electron chi connectivity index (χ3n) is 8.67. The molecule has 2 N–H and O–H groups in total. The fourth-order valence-electron chi connectivity index (χ4n) is 7.12. The number of ether oxygens (including phenoxy) is 2. The van der Waals surface area contributed by atoms with Gasteiger partial charge in [0.2, 0.25) is 0 Å². The van der Waals surface area contributed by atoms with Crippen LogP contribution in [0, 0.1) is 34.5 Å². The smallest absolute Gasteiger partial charge is 0.330 e. The number of methoxy groups -OCH3 is 1. The second kappa shape index (κ2) is 8.99. The van der Waals surface area contributed by atoms with Gasteiger partial charge in [0.05, 0.1) is 18.6 Å². The van der Waals surface area contributed by atoms with Gasteiger partial charge in [-0.15, -0.1) is 0 Å². The molecule has 3 fully saturated rings. The molecule has 30 heavy (non-hydrogen) atoms. The van der Waals surface area contributed by atoms with Crippen molar-refractivity contribution in [3.05, 3.63) is 11.6 Å². The number of esters is 2. The van der Waals surface area contributed by atoms with Crippen molar-refractivity contribution >= 4 is 11.9 Å². The molecule has 0 spiro atoms. The Kier molecular flexibility index (Phi) is 6.97. The Balaban J connectivity index is 1.83. The van der Waals surface area contributed by atoms with E-state index in [4.69, 9.17) is 9.47 Å². The van der Waals surface area contributed by atoms with Gasteiger partial charge in [-0.1, -0.05) is 25.8 Å². The molecule has 0 aromatic rings. The molecule has 0 aromatic carbocycles. The summed E-state index contributed by atoms with van der Waals surface area (Å²) in [6.07, 6.45) is 6.48. The third kappa shape index (κ3) is 3.93. The van der Waals surface area contributed by atoms with E-state index in [0.29, 0.717) is 25.5 Å². The Morgan fingerprint density at radius 1 is 1.30 bits per heavy atom. The van der Waals surface area contributed by atoms with E-state index in [0.717, 1.165) is 37.7 Å². The van der Waals surface area contributed by atoms with Crippen molar-refractivity contribution in [2.24, 2.45) is 34.5 Å². The number of fused-ring (bicyclic) bond motifs is 3. The summed E-state index contributed by atoms with van der Waals surface area (Å²) >= 11 is 0. The fraction of sp³-hybridized carbons (Fsp3) is 0.833. The van der Waals surface area contributed by atoms with Gasteiger partial charge in [0.15, 0.2) is 0 Å². The highest BCUT2D eigenvalue weighted by Gasteiger charge is 2.62. The molecule has 0 saturated heterocycles. The second-order valence-electron chi connectivity index (χ2n) is 10.1. The number of aliphatic hydroxyl groups excluding tert-OH is 1. The lowest BCUT2D eigenvalue weighted by atomic mass is 9.42. The summed E-state index contributed by atoms with van der Waals surface area (Å²) in [5.74, 6) is 0.249. The van der Waals surface area contributed by atoms with E-state index in [1.54, 1.807) is 6.08 Å². The number of nitrogens with one attached hydrogen (secondary N) is 1. The Labute approximate surface area is 180 Å². The van der Waals surface area contributed by atoms with Crippen LogP contribution in [0.3, 0.4) is 0 Å². The van der Waals surface area contributed by atoms with Crippen molar-refractivity contribution < 1.29 is 24.2 Å². The van der Waals surface area contributed by atoms with Crippen LogP contribution in [0.1, 0.15) is 59.3 Å². The highest BCUT2D eigenvalue weighted by atomic mass is 16.5. The van der Waals surface area contributed by atoms with Crippen LogP contribution in [0.25, 0.3) is 0 Å². The maximum atomic E-state index is 12.7. The minimum Gasteiger partial charge on any atom is -0.469 e. The van der Waals surface area contributed by atoms with Gasteiger partial charge in [0.1, 0.15) is 6.61 Å². The lowest BCUT2D eigenvalue weighted by Gasteiger charge is -2.62. The molecule has 0 amide bonds. The van der Waals surface area contributed by atoms with E-state index >= 15 is 0 Å². The molecular weight excluding hydrogens is 382 g/mol. The second-order valence-corrected chi connectivity index (χ2v) is 10.1. The molecule has 3 aliphatic carbocycles. The molecule has 3 aliphatic rings. The number of carbonyl (C=O) groups is 2. The fourth-order valence-corrected chi connectivity index (χ4v) is 7.12. The average Bonchev–Trinajstić information content (AvgIpc) is 2.71. The highest BCUT2D eigenvalue weighted by Crippen LogP contribution is 2.65. The van der Waals surface area contributed by atoms with Crippen LogP contribution in [-0.4, -0.2) is 50.5 Å². The monoisotopic (exact) mass is 421 g/mol. The van der Waals surface area contributed by atoms with Crippen molar-refractivity contribution in [1.82, 2.24) is 5.32 Å². The zero-order chi connectivity index (χ0) is 22.1. The molecule has 0 heterocycles. The summed E-state index contributed by atoms with van der Waals surface area (Å²) in [5, 5.41) is 14.2. The van der Waals surface area contributed by atoms with E-state index < -0.39 is 11.5 Å². The summed E-state index contributed by atoms with van der Waals surface area (Å²) in [4.78, 5) is 24.9. The van der Waals surface area contributed by atoms with Crippen molar-refractivity contribution in [3.63, 3.8) is 0 Å². The highest BCUT2D eigenvalue weighted by molar-refractivity contribution is 5.83. The molecule has 0 aromatic heterocycles. The molecule has 0 bridgehead atoms. The summed E-state index contributed by atoms with van der Waals surface area (Å²) in [6, 6.07) is 0. The van der Waals surface area contributed by atoms with E-state index in [9.17, 15) is 14.7 Å². The first-order chi connectivity index (χ1) is 14.2. The molecule has 0 unspecified atom stereocenters. The zero-order valence-electron chi connectivity index (χ0n) is 19.2. The Morgan fingerprint density at radius 2 is 2.03 bits per heavy atom. The van der Waals surface area contributed by atoms with Crippen molar-refractivity contribution in [1.29, 1.82) is 0 Å². The molecule has 3 rings (SSSR count). The maximum Gasteiger partial charge on any atom is 0.330 e. The molecular formula is C24H39NO5. The van der Waals surface area contributed by atoms with Crippen LogP contribution in [0.15, 0.2) is 11.6 Å². The quantitative estimate of drug-likeness (QED) is 0.403. The lowest BCUT2D eigenvalue weighted by molar-refractivity contribution is -0.189. The Morgan fingerprint density at radius 3 is 2.70 bits per heavy atom. The number of carbonyl (C=O) groups excluding carboxylic acids is 2. The summed E-state index contributed by atoms with van der Waals surface area (Å²) in [6.45, 7) is 7.49. The van der Waals surface area contributed by atoms with E-state index in [2.05, 4.69) is 19.2 Å². The minimum absolute atomic E-state index is 0.00180. The summed E-state index contributed by atoms with van der Waals surface area (Å²) in [5.41, 5.74) is 0.542. The average molecular weight is 422 g/mol. The standard InChI is InChI=1S/C24H39NO5/c1-15-16(13-20(27)30-12-11-25-4)7-8-17-21(15)18(26)14-19-23(17,2)9-6-10-24(19,3)22(28)29-5/h13,15,17-19,21,25-26H,6-12,14H2,1-5H3/t15-,17-,18+,19-,21+,23+,24-/m0/s1. The van der Waals surface area contributed by atoms with Crippen LogP contribution in [0.5, 0.6) is 0 Å². The van der Waals surface area contributed by atoms with Crippen LogP contribution in [0.4, 0.5) is 0 Å². The van der Waals surface area contributed by atoms with Gasteiger partial charge in [0.25, 0.3) is 0 Å².